The SMILES string of the molecule is Brc1ccc2c(c1)CCC(Nc1cnns1)C2. The van der Waals surface area contributed by atoms with Crippen molar-refractivity contribution in [1.29, 1.82) is 0 Å². The number of nitrogens with zero attached hydrogens (tertiary/aromatic N) is 2. The molecule has 0 aliphatic heterocycles. The van der Waals surface area contributed by atoms with Crippen LogP contribution >= 0.6 is 27.5 Å². The lowest BCUT2D eigenvalue weighted by Gasteiger charge is -2.25. The lowest BCUT2D eigenvalue weighted by molar-refractivity contribution is 0.612. The summed E-state index contributed by atoms with van der Waals surface area (Å²) >= 11 is 4.94. The van der Waals surface area contributed by atoms with Crippen molar-refractivity contribution in [2.75, 3.05) is 5.32 Å². The van der Waals surface area contributed by atoms with E-state index in [1.165, 1.54) is 33.6 Å². The van der Waals surface area contributed by atoms with Crippen LogP contribution in [0.4, 0.5) is 5.00 Å². The second kappa shape index (κ2) is 4.74. The fraction of sp³-hybridized carbons (Fsp3) is 0.333. The predicted octanol–water partition coefficient (Wildman–Crippen LogP) is 3.27. The van der Waals surface area contributed by atoms with E-state index in [0.29, 0.717) is 6.04 Å². The summed E-state index contributed by atoms with van der Waals surface area (Å²) in [7, 11) is 0. The van der Waals surface area contributed by atoms with Gasteiger partial charge in [0.1, 0.15) is 5.00 Å². The molecule has 17 heavy (non-hydrogen) atoms. The third-order valence-electron chi connectivity index (χ3n) is 3.10. The van der Waals surface area contributed by atoms with Gasteiger partial charge in [0, 0.05) is 22.0 Å². The Balaban J connectivity index is 1.74. The Morgan fingerprint density at radius 3 is 3.12 bits per heavy atom. The zero-order valence-electron chi connectivity index (χ0n) is 9.19. The molecule has 88 valence electrons. The Kier molecular flexibility index (Phi) is 3.11. The summed E-state index contributed by atoms with van der Waals surface area (Å²) in [6.45, 7) is 0. The first-order valence-electron chi connectivity index (χ1n) is 5.62. The second-order valence-corrected chi connectivity index (χ2v) is 5.98. The van der Waals surface area contributed by atoms with E-state index in [9.17, 15) is 0 Å². The fourth-order valence-electron chi connectivity index (χ4n) is 2.28. The number of aromatic nitrogens is 2. The van der Waals surface area contributed by atoms with Gasteiger partial charge in [0.2, 0.25) is 0 Å². The molecule has 2 aromatic rings. The van der Waals surface area contributed by atoms with Gasteiger partial charge in [-0.05, 0) is 42.5 Å². The molecular weight excluding hydrogens is 298 g/mol. The van der Waals surface area contributed by atoms with Gasteiger partial charge in [0.15, 0.2) is 0 Å². The fourth-order valence-corrected chi connectivity index (χ4v) is 3.18. The maximum absolute atomic E-state index is 3.87. The molecular formula is C12H12BrN3S. The summed E-state index contributed by atoms with van der Waals surface area (Å²) in [4.78, 5) is 0. The molecule has 5 heteroatoms. The molecule has 0 saturated carbocycles. The molecule has 1 aromatic heterocycles. The molecule has 0 radical (unpaired) electrons. The van der Waals surface area contributed by atoms with Gasteiger partial charge in [0.05, 0.1) is 6.20 Å². The average molecular weight is 310 g/mol. The van der Waals surface area contributed by atoms with E-state index in [1.807, 2.05) is 0 Å². The van der Waals surface area contributed by atoms with Crippen LogP contribution in [-0.2, 0) is 12.8 Å². The molecule has 1 unspecified atom stereocenters. The number of anilines is 1. The van der Waals surface area contributed by atoms with Gasteiger partial charge < -0.3 is 5.32 Å². The lowest BCUT2D eigenvalue weighted by Crippen LogP contribution is -2.26. The maximum atomic E-state index is 3.87. The van der Waals surface area contributed by atoms with Gasteiger partial charge in [0.25, 0.3) is 0 Å². The largest absolute Gasteiger partial charge is 0.371 e. The first kappa shape index (κ1) is 11.2. The van der Waals surface area contributed by atoms with Crippen LogP contribution in [0.5, 0.6) is 0 Å². The van der Waals surface area contributed by atoms with Crippen molar-refractivity contribution in [3.05, 3.63) is 40.0 Å². The number of nitrogens with one attached hydrogen (secondary N) is 1. The number of fused-ring (bicyclic) bond motifs is 1. The first-order valence-corrected chi connectivity index (χ1v) is 7.19. The third kappa shape index (κ3) is 2.50. The smallest absolute Gasteiger partial charge is 0.130 e. The van der Waals surface area contributed by atoms with Gasteiger partial charge in [-0.2, -0.15) is 0 Å². The highest BCUT2D eigenvalue weighted by molar-refractivity contribution is 9.10. The van der Waals surface area contributed by atoms with Crippen molar-refractivity contribution in [2.24, 2.45) is 0 Å². The molecule has 0 bridgehead atoms. The molecule has 0 amide bonds. The van der Waals surface area contributed by atoms with E-state index in [2.05, 4.69) is 49.0 Å². The van der Waals surface area contributed by atoms with Crippen LogP contribution in [0.15, 0.2) is 28.9 Å². The van der Waals surface area contributed by atoms with Crippen molar-refractivity contribution < 1.29 is 0 Å². The average Bonchev–Trinajstić information content (AvgIpc) is 2.82. The zero-order chi connectivity index (χ0) is 11.7. The Morgan fingerprint density at radius 2 is 2.29 bits per heavy atom. The van der Waals surface area contributed by atoms with Crippen molar-refractivity contribution in [3.8, 4) is 0 Å². The minimum atomic E-state index is 0.505. The van der Waals surface area contributed by atoms with Crippen LogP contribution in [0.25, 0.3) is 0 Å². The van der Waals surface area contributed by atoms with Crippen LogP contribution < -0.4 is 5.32 Å². The summed E-state index contributed by atoms with van der Waals surface area (Å²) in [5.74, 6) is 0. The van der Waals surface area contributed by atoms with E-state index in [1.54, 1.807) is 6.20 Å². The topological polar surface area (TPSA) is 37.8 Å². The molecule has 1 aromatic carbocycles. The number of hydrogen-bond donors (Lipinski definition) is 1. The molecule has 1 aliphatic rings. The minimum absolute atomic E-state index is 0.505. The van der Waals surface area contributed by atoms with Crippen LogP contribution in [0.3, 0.4) is 0 Å². The highest BCUT2D eigenvalue weighted by atomic mass is 79.9. The van der Waals surface area contributed by atoms with Crippen molar-refractivity contribution in [1.82, 2.24) is 9.59 Å². The number of hydrogen-bond acceptors (Lipinski definition) is 4. The van der Waals surface area contributed by atoms with Crippen LogP contribution in [0.1, 0.15) is 17.5 Å². The van der Waals surface area contributed by atoms with Crippen LogP contribution in [-0.4, -0.2) is 15.6 Å². The summed E-state index contributed by atoms with van der Waals surface area (Å²) in [6, 6.07) is 7.08. The van der Waals surface area contributed by atoms with Crippen molar-refractivity contribution in [2.45, 2.75) is 25.3 Å². The van der Waals surface area contributed by atoms with Gasteiger partial charge in [-0.25, -0.2) is 0 Å². The van der Waals surface area contributed by atoms with Crippen molar-refractivity contribution >= 4 is 32.5 Å². The summed E-state index contributed by atoms with van der Waals surface area (Å²) < 4.78 is 5.04. The summed E-state index contributed by atoms with van der Waals surface area (Å²) in [6.07, 6.45) is 5.18. The number of aryl methyl sites for hydroxylation is 1. The third-order valence-corrected chi connectivity index (χ3v) is 4.19. The molecule has 1 heterocycles. The number of rotatable bonds is 2. The predicted molar refractivity (Wildman–Crippen MR) is 73.5 cm³/mol. The van der Waals surface area contributed by atoms with E-state index in [0.717, 1.165) is 17.8 Å². The molecule has 0 fully saturated rings. The zero-order valence-corrected chi connectivity index (χ0v) is 11.6. The van der Waals surface area contributed by atoms with Crippen LogP contribution in [0.2, 0.25) is 0 Å². The Bertz CT molecular complexity index is 512. The molecule has 1 aliphatic carbocycles. The van der Waals surface area contributed by atoms with Gasteiger partial charge >= 0.3 is 0 Å². The Labute approximate surface area is 113 Å². The van der Waals surface area contributed by atoms with Crippen LogP contribution in [0, 0.1) is 0 Å². The Morgan fingerprint density at radius 1 is 1.35 bits per heavy atom. The van der Waals surface area contributed by atoms with E-state index < -0.39 is 0 Å². The van der Waals surface area contributed by atoms with Crippen molar-refractivity contribution in [3.63, 3.8) is 0 Å². The van der Waals surface area contributed by atoms with Gasteiger partial charge in [-0.3, -0.25) is 0 Å². The number of benzene rings is 1. The quantitative estimate of drug-likeness (QED) is 0.925. The lowest BCUT2D eigenvalue weighted by atomic mass is 9.88. The monoisotopic (exact) mass is 309 g/mol. The maximum Gasteiger partial charge on any atom is 0.130 e. The molecule has 3 rings (SSSR count). The van der Waals surface area contributed by atoms with E-state index in [-0.39, 0.29) is 0 Å². The molecule has 0 saturated heterocycles. The second-order valence-electron chi connectivity index (χ2n) is 4.28. The molecule has 1 atom stereocenters. The highest BCUT2D eigenvalue weighted by Crippen LogP contribution is 2.26. The molecule has 0 spiro atoms. The Hall–Kier alpha value is -0.940. The molecule has 3 nitrogen and oxygen atoms in total. The molecule has 1 N–H and O–H groups in total. The van der Waals surface area contributed by atoms with Gasteiger partial charge in [-0.1, -0.05) is 26.5 Å². The normalized spacial score (nSPS) is 18.8. The van der Waals surface area contributed by atoms with E-state index in [4.69, 9.17) is 0 Å². The highest BCUT2D eigenvalue weighted by Gasteiger charge is 2.18. The summed E-state index contributed by atoms with van der Waals surface area (Å²) in [5, 5.41) is 8.41. The van der Waals surface area contributed by atoms with Gasteiger partial charge in [-0.15, -0.1) is 5.10 Å². The summed E-state index contributed by atoms with van der Waals surface area (Å²) in [5.41, 5.74) is 2.93. The first-order chi connectivity index (χ1) is 8.31. The van der Waals surface area contributed by atoms with E-state index >= 15 is 0 Å². The minimum Gasteiger partial charge on any atom is -0.371 e. The number of halogens is 1. The standard InChI is InChI=1S/C12H12BrN3S/c13-10-3-1-9-6-11(4-2-8(9)5-10)15-12-7-14-16-17-12/h1,3,5,7,11,15H,2,4,6H2.